The maximum Gasteiger partial charge on any atom is 0.344 e. The number of aromatic hydroxyl groups is 1. The minimum Gasteiger partial charge on any atom is -0.507 e. The fourth-order valence-electron chi connectivity index (χ4n) is 4.27. The van der Waals surface area contributed by atoms with Crippen molar-refractivity contribution >= 4 is 21.9 Å². The summed E-state index contributed by atoms with van der Waals surface area (Å²) in [7, 11) is 0. The molecule has 0 unspecified atom stereocenters. The second kappa shape index (κ2) is 6.34. The number of ether oxygens (including phenoxy) is 1. The molecule has 6 rings (SSSR count). The minimum atomic E-state index is -0.915. The molecule has 2 aromatic heterocycles. The molecule has 1 atom stereocenters. The molecule has 1 N–H and O–H groups in total. The van der Waals surface area contributed by atoms with Gasteiger partial charge in [0, 0.05) is 5.56 Å². The number of fused-ring (bicyclic) bond motifs is 5. The van der Waals surface area contributed by atoms with E-state index in [-0.39, 0.29) is 22.5 Å². The molecule has 150 valence electrons. The van der Waals surface area contributed by atoms with Crippen molar-refractivity contribution in [2.24, 2.45) is 0 Å². The molecule has 0 bridgehead atoms. The van der Waals surface area contributed by atoms with Crippen molar-refractivity contribution < 1.29 is 18.7 Å². The van der Waals surface area contributed by atoms with Crippen molar-refractivity contribution in [2.75, 3.05) is 0 Å². The first-order valence-corrected chi connectivity index (χ1v) is 9.70. The van der Waals surface area contributed by atoms with Crippen LogP contribution in [0.25, 0.3) is 21.9 Å². The Hall–Kier alpha value is -4.32. The number of hydrogen-bond donors (Lipinski definition) is 1. The Labute approximate surface area is 174 Å². The lowest BCUT2D eigenvalue weighted by atomic mass is 9.82. The summed E-state index contributed by atoms with van der Waals surface area (Å²) in [6.45, 7) is 0. The van der Waals surface area contributed by atoms with Crippen LogP contribution in [-0.4, -0.2) is 5.11 Å². The highest BCUT2D eigenvalue weighted by Crippen LogP contribution is 2.49. The van der Waals surface area contributed by atoms with E-state index in [9.17, 15) is 14.7 Å². The monoisotopic (exact) mass is 410 g/mol. The molecule has 6 nitrogen and oxygen atoms in total. The first-order valence-electron chi connectivity index (χ1n) is 9.70. The van der Waals surface area contributed by atoms with Gasteiger partial charge in [0.1, 0.15) is 28.4 Å². The van der Waals surface area contributed by atoms with E-state index in [4.69, 9.17) is 13.6 Å². The third kappa shape index (κ3) is 2.45. The van der Waals surface area contributed by atoms with Crippen LogP contribution >= 0.6 is 0 Å². The highest BCUT2D eigenvalue weighted by molar-refractivity contribution is 5.88. The molecule has 0 saturated heterocycles. The van der Waals surface area contributed by atoms with Gasteiger partial charge in [0.2, 0.25) is 0 Å². The highest BCUT2D eigenvalue weighted by Gasteiger charge is 2.37. The van der Waals surface area contributed by atoms with E-state index in [0.29, 0.717) is 33.4 Å². The lowest BCUT2D eigenvalue weighted by Gasteiger charge is -2.27. The fourth-order valence-corrected chi connectivity index (χ4v) is 4.27. The van der Waals surface area contributed by atoms with Crippen molar-refractivity contribution in [3.63, 3.8) is 0 Å². The van der Waals surface area contributed by atoms with Gasteiger partial charge in [0.15, 0.2) is 0 Å². The molecule has 0 saturated carbocycles. The van der Waals surface area contributed by atoms with Crippen LogP contribution in [0, 0.1) is 0 Å². The van der Waals surface area contributed by atoms with Gasteiger partial charge in [-0.2, -0.15) is 0 Å². The van der Waals surface area contributed by atoms with Gasteiger partial charge >= 0.3 is 11.3 Å². The van der Waals surface area contributed by atoms with Crippen LogP contribution in [0.3, 0.4) is 0 Å². The summed E-state index contributed by atoms with van der Waals surface area (Å²) in [5, 5.41) is 12.1. The maximum absolute atomic E-state index is 13.1. The molecule has 0 spiro atoms. The van der Waals surface area contributed by atoms with E-state index in [1.165, 1.54) is 0 Å². The molecule has 1 aliphatic heterocycles. The SMILES string of the molecule is O=c1oc2ccccc2c(O)c1[C@@H]1c2ccccc2Oc2c1c(=O)oc1ccccc21. The Morgan fingerprint density at radius 3 is 2.03 bits per heavy atom. The average molecular weight is 410 g/mol. The van der Waals surface area contributed by atoms with E-state index in [0.717, 1.165) is 0 Å². The first kappa shape index (κ1) is 17.5. The molecule has 0 amide bonds. The molecule has 3 aromatic carbocycles. The van der Waals surface area contributed by atoms with Gasteiger partial charge in [-0.05, 0) is 30.3 Å². The van der Waals surface area contributed by atoms with E-state index < -0.39 is 17.2 Å². The summed E-state index contributed by atoms with van der Waals surface area (Å²) in [5.74, 6) is -0.348. The fraction of sp³-hybridized carbons (Fsp3) is 0.0400. The Morgan fingerprint density at radius 1 is 0.677 bits per heavy atom. The van der Waals surface area contributed by atoms with Crippen LogP contribution < -0.4 is 16.0 Å². The van der Waals surface area contributed by atoms with Crippen LogP contribution in [-0.2, 0) is 0 Å². The van der Waals surface area contributed by atoms with E-state index in [1.54, 1.807) is 66.7 Å². The molecular formula is C25H14O6. The van der Waals surface area contributed by atoms with Gasteiger partial charge in [-0.3, -0.25) is 0 Å². The predicted octanol–water partition coefficient (Wildman–Crippen LogP) is 4.89. The average Bonchev–Trinajstić information content (AvgIpc) is 2.78. The van der Waals surface area contributed by atoms with Crippen LogP contribution in [0.5, 0.6) is 17.2 Å². The predicted molar refractivity (Wildman–Crippen MR) is 114 cm³/mol. The third-order valence-corrected chi connectivity index (χ3v) is 5.64. The van der Waals surface area contributed by atoms with Gasteiger partial charge in [-0.15, -0.1) is 0 Å². The summed E-state index contributed by atoms with van der Waals surface area (Å²) < 4.78 is 17.2. The van der Waals surface area contributed by atoms with E-state index in [2.05, 4.69) is 0 Å². The lowest BCUT2D eigenvalue weighted by molar-refractivity contribution is 0.425. The van der Waals surface area contributed by atoms with Gasteiger partial charge in [-0.1, -0.05) is 42.5 Å². The summed E-state index contributed by atoms with van der Waals surface area (Å²) in [4.78, 5) is 26.1. The summed E-state index contributed by atoms with van der Waals surface area (Å²) in [6, 6.07) is 20.8. The van der Waals surface area contributed by atoms with Crippen LogP contribution in [0.1, 0.15) is 22.6 Å². The van der Waals surface area contributed by atoms with E-state index >= 15 is 0 Å². The summed E-state index contributed by atoms with van der Waals surface area (Å²) in [5.41, 5.74) is -0.0420. The summed E-state index contributed by atoms with van der Waals surface area (Å²) in [6.07, 6.45) is 0. The first-order chi connectivity index (χ1) is 15.1. The minimum absolute atomic E-state index is 0.0294. The highest BCUT2D eigenvalue weighted by atomic mass is 16.5. The Morgan fingerprint density at radius 2 is 1.26 bits per heavy atom. The van der Waals surface area contributed by atoms with Crippen LogP contribution in [0.4, 0.5) is 0 Å². The molecule has 31 heavy (non-hydrogen) atoms. The van der Waals surface area contributed by atoms with Gasteiger partial charge in [-0.25, -0.2) is 9.59 Å². The second-order valence-corrected chi connectivity index (χ2v) is 7.35. The Balaban J connectivity index is 1.77. The number of hydrogen-bond acceptors (Lipinski definition) is 6. The van der Waals surface area contributed by atoms with Crippen LogP contribution in [0.2, 0.25) is 0 Å². The molecular weight excluding hydrogens is 396 g/mol. The molecule has 5 aromatic rings. The van der Waals surface area contributed by atoms with Crippen molar-refractivity contribution in [2.45, 2.75) is 5.92 Å². The molecule has 1 aliphatic rings. The molecule has 0 radical (unpaired) electrons. The molecule has 0 aliphatic carbocycles. The smallest absolute Gasteiger partial charge is 0.344 e. The van der Waals surface area contributed by atoms with Gasteiger partial charge < -0.3 is 18.7 Å². The third-order valence-electron chi connectivity index (χ3n) is 5.64. The van der Waals surface area contributed by atoms with Gasteiger partial charge in [0.25, 0.3) is 0 Å². The maximum atomic E-state index is 13.1. The summed E-state index contributed by atoms with van der Waals surface area (Å²) >= 11 is 0. The van der Waals surface area contributed by atoms with Crippen molar-refractivity contribution in [1.82, 2.24) is 0 Å². The molecule has 0 fully saturated rings. The normalized spacial score (nSPS) is 14.8. The largest absolute Gasteiger partial charge is 0.507 e. The molecule has 6 heteroatoms. The van der Waals surface area contributed by atoms with Gasteiger partial charge in [0.05, 0.1) is 27.8 Å². The quantitative estimate of drug-likeness (QED) is 0.388. The number of rotatable bonds is 1. The Bertz CT molecular complexity index is 1600. The van der Waals surface area contributed by atoms with Crippen LogP contribution in [0.15, 0.2) is 91.2 Å². The topological polar surface area (TPSA) is 89.9 Å². The standard InChI is InChI=1S/C25H14O6/c26-22-14-8-2-5-11-17(14)30-24(27)20(22)19-13-7-1-4-10-16(13)29-23-15-9-3-6-12-18(15)31-25(28)21(19)23/h1-12,19,26H/t19-/m0/s1. The number of benzene rings is 3. The number of para-hydroxylation sites is 3. The lowest BCUT2D eigenvalue weighted by Crippen LogP contribution is -2.24. The van der Waals surface area contributed by atoms with Crippen molar-refractivity contribution in [3.8, 4) is 17.2 Å². The zero-order valence-electron chi connectivity index (χ0n) is 16.0. The Kier molecular flexibility index (Phi) is 3.58. The second-order valence-electron chi connectivity index (χ2n) is 7.35. The zero-order valence-corrected chi connectivity index (χ0v) is 16.0. The molecule has 3 heterocycles. The zero-order chi connectivity index (χ0) is 21.1. The van der Waals surface area contributed by atoms with Crippen molar-refractivity contribution in [1.29, 1.82) is 0 Å². The van der Waals surface area contributed by atoms with E-state index in [1.807, 2.05) is 6.07 Å². The van der Waals surface area contributed by atoms with Crippen molar-refractivity contribution in [3.05, 3.63) is 110 Å².